The summed E-state index contributed by atoms with van der Waals surface area (Å²) >= 11 is 0. The minimum Gasteiger partial charge on any atom is -0.480 e. The molecule has 1 rings (SSSR count). The van der Waals surface area contributed by atoms with E-state index in [-0.39, 0.29) is 0 Å². The molecule has 0 aromatic rings. The quantitative estimate of drug-likeness (QED) is 0.765. The van der Waals surface area contributed by atoms with Gasteiger partial charge in [0, 0.05) is 19.8 Å². The molecule has 0 unspecified atom stereocenters. The second-order valence-electron chi connectivity index (χ2n) is 4.72. The first-order chi connectivity index (χ1) is 6.99. The summed E-state index contributed by atoms with van der Waals surface area (Å²) in [6, 6.07) is 0. The van der Waals surface area contributed by atoms with E-state index >= 15 is 0 Å². The van der Waals surface area contributed by atoms with Gasteiger partial charge in [-0.2, -0.15) is 0 Å². The fraction of sp³-hybridized carbons (Fsp3) is 0.909. The summed E-state index contributed by atoms with van der Waals surface area (Å²) in [4.78, 5) is 13.4. The lowest BCUT2D eigenvalue weighted by Gasteiger charge is -2.41. The van der Waals surface area contributed by atoms with Crippen molar-refractivity contribution in [2.45, 2.75) is 32.2 Å². The molecule has 0 aromatic carbocycles. The fourth-order valence-electron chi connectivity index (χ4n) is 2.19. The lowest BCUT2D eigenvalue weighted by Crippen LogP contribution is -2.56. The number of aliphatic carboxylic acids is 1. The molecule has 1 heterocycles. The predicted octanol–water partition coefficient (Wildman–Crippen LogP) is 1.21. The number of carboxylic acid groups (broad SMARTS) is 1. The fourth-order valence-corrected chi connectivity index (χ4v) is 2.19. The van der Waals surface area contributed by atoms with Crippen molar-refractivity contribution in [3.05, 3.63) is 0 Å². The van der Waals surface area contributed by atoms with E-state index in [4.69, 9.17) is 4.74 Å². The molecule has 1 saturated heterocycles. The van der Waals surface area contributed by atoms with E-state index in [1.165, 1.54) is 0 Å². The molecule has 0 aliphatic carbocycles. The highest BCUT2D eigenvalue weighted by atomic mass is 16.5. The van der Waals surface area contributed by atoms with Crippen molar-refractivity contribution in [1.29, 1.82) is 0 Å². The van der Waals surface area contributed by atoms with E-state index in [0.717, 1.165) is 6.54 Å². The van der Waals surface area contributed by atoms with Crippen molar-refractivity contribution in [1.82, 2.24) is 4.90 Å². The topological polar surface area (TPSA) is 49.8 Å². The Morgan fingerprint density at radius 2 is 2.00 bits per heavy atom. The molecule has 1 fully saturated rings. The van der Waals surface area contributed by atoms with Crippen LogP contribution in [0.2, 0.25) is 0 Å². The molecule has 1 aliphatic heterocycles. The van der Waals surface area contributed by atoms with Gasteiger partial charge < -0.3 is 9.84 Å². The van der Waals surface area contributed by atoms with Crippen LogP contribution in [0.1, 0.15) is 26.7 Å². The van der Waals surface area contributed by atoms with Crippen LogP contribution in [0.3, 0.4) is 0 Å². The highest BCUT2D eigenvalue weighted by Crippen LogP contribution is 2.27. The predicted molar refractivity (Wildman–Crippen MR) is 57.9 cm³/mol. The van der Waals surface area contributed by atoms with E-state index in [9.17, 15) is 9.90 Å². The second kappa shape index (κ2) is 4.94. The van der Waals surface area contributed by atoms with E-state index in [2.05, 4.69) is 13.8 Å². The first kappa shape index (κ1) is 12.5. The van der Waals surface area contributed by atoms with Crippen molar-refractivity contribution in [2.24, 2.45) is 5.92 Å². The van der Waals surface area contributed by atoms with Crippen LogP contribution in [-0.2, 0) is 9.53 Å². The van der Waals surface area contributed by atoms with Gasteiger partial charge in [-0.3, -0.25) is 9.69 Å². The lowest BCUT2D eigenvalue weighted by molar-refractivity contribution is -0.157. The molecule has 1 aliphatic rings. The van der Waals surface area contributed by atoms with Crippen LogP contribution >= 0.6 is 0 Å². The van der Waals surface area contributed by atoms with Crippen molar-refractivity contribution in [3.63, 3.8) is 0 Å². The van der Waals surface area contributed by atoms with Gasteiger partial charge in [-0.1, -0.05) is 13.8 Å². The van der Waals surface area contributed by atoms with Gasteiger partial charge in [-0.05, 0) is 25.8 Å². The Morgan fingerprint density at radius 3 is 2.40 bits per heavy atom. The van der Waals surface area contributed by atoms with Crippen molar-refractivity contribution in [2.75, 3.05) is 26.8 Å². The molecule has 0 amide bonds. The van der Waals surface area contributed by atoms with Crippen LogP contribution in [0.25, 0.3) is 0 Å². The normalized spacial score (nSPS) is 20.9. The van der Waals surface area contributed by atoms with Crippen LogP contribution in [0.15, 0.2) is 0 Å². The van der Waals surface area contributed by atoms with Gasteiger partial charge in [0.25, 0.3) is 0 Å². The minimum absolute atomic E-state index is 0.481. The van der Waals surface area contributed by atoms with E-state index in [1.54, 1.807) is 0 Å². The van der Waals surface area contributed by atoms with Crippen molar-refractivity contribution < 1.29 is 14.6 Å². The monoisotopic (exact) mass is 215 g/mol. The van der Waals surface area contributed by atoms with Crippen molar-refractivity contribution in [3.8, 4) is 0 Å². The minimum atomic E-state index is -0.714. The average molecular weight is 215 g/mol. The molecule has 4 nitrogen and oxygen atoms in total. The van der Waals surface area contributed by atoms with Gasteiger partial charge in [-0.25, -0.2) is 0 Å². The Kier molecular flexibility index (Phi) is 4.11. The first-order valence-corrected chi connectivity index (χ1v) is 5.51. The molecule has 1 N–H and O–H groups in total. The van der Waals surface area contributed by atoms with Gasteiger partial charge in [0.15, 0.2) is 0 Å². The molecular formula is C11H21NO3. The number of carboxylic acids is 1. The zero-order valence-electron chi connectivity index (χ0n) is 9.82. The third kappa shape index (κ3) is 2.69. The summed E-state index contributed by atoms with van der Waals surface area (Å²) in [5.74, 6) is -0.233. The summed E-state index contributed by atoms with van der Waals surface area (Å²) in [5, 5.41) is 9.37. The van der Waals surface area contributed by atoms with Gasteiger partial charge in [-0.15, -0.1) is 0 Å². The highest BCUT2D eigenvalue weighted by Gasteiger charge is 2.43. The Bertz CT molecular complexity index is 222. The summed E-state index contributed by atoms with van der Waals surface area (Å²) in [6.07, 6.45) is 1.18. The summed E-state index contributed by atoms with van der Waals surface area (Å²) in [7, 11) is 1.90. The van der Waals surface area contributed by atoms with E-state index in [0.29, 0.717) is 32.0 Å². The molecule has 0 atom stereocenters. The number of rotatable bonds is 4. The zero-order chi connectivity index (χ0) is 11.5. The molecular weight excluding hydrogens is 194 g/mol. The molecule has 4 heteroatoms. The largest absolute Gasteiger partial charge is 0.480 e. The Morgan fingerprint density at radius 1 is 1.47 bits per heavy atom. The molecule has 0 spiro atoms. The Balaban J connectivity index is 2.75. The number of hydrogen-bond acceptors (Lipinski definition) is 3. The molecule has 88 valence electrons. The van der Waals surface area contributed by atoms with Crippen LogP contribution in [0.4, 0.5) is 0 Å². The van der Waals surface area contributed by atoms with Gasteiger partial charge >= 0.3 is 5.97 Å². The van der Waals surface area contributed by atoms with Crippen LogP contribution in [-0.4, -0.2) is 48.3 Å². The molecule has 0 bridgehead atoms. The van der Waals surface area contributed by atoms with Gasteiger partial charge in [0.1, 0.15) is 5.54 Å². The van der Waals surface area contributed by atoms with Crippen LogP contribution in [0, 0.1) is 5.92 Å². The molecule has 15 heavy (non-hydrogen) atoms. The van der Waals surface area contributed by atoms with Crippen molar-refractivity contribution >= 4 is 5.97 Å². The molecule has 0 saturated carbocycles. The smallest absolute Gasteiger partial charge is 0.324 e. The standard InChI is InChI=1S/C11H21NO3/c1-9(2)8-12(3)11(10(13)14)4-6-15-7-5-11/h9H,4-8H2,1-3H3,(H,13,14). The third-order valence-electron chi connectivity index (χ3n) is 3.09. The second-order valence-corrected chi connectivity index (χ2v) is 4.72. The third-order valence-corrected chi connectivity index (χ3v) is 3.09. The average Bonchev–Trinajstić information content (AvgIpc) is 2.17. The Hall–Kier alpha value is -0.610. The maximum Gasteiger partial charge on any atom is 0.324 e. The SMILES string of the molecule is CC(C)CN(C)C1(C(=O)O)CCOCC1. The molecule has 0 aromatic heterocycles. The molecule has 0 radical (unpaired) electrons. The number of ether oxygens (including phenoxy) is 1. The van der Waals surface area contributed by atoms with Crippen LogP contribution in [0.5, 0.6) is 0 Å². The van der Waals surface area contributed by atoms with Gasteiger partial charge in [0.05, 0.1) is 0 Å². The number of nitrogens with zero attached hydrogens (tertiary/aromatic N) is 1. The number of carbonyl (C=O) groups is 1. The summed E-state index contributed by atoms with van der Waals surface area (Å²) < 4.78 is 5.24. The summed E-state index contributed by atoms with van der Waals surface area (Å²) in [5.41, 5.74) is -0.706. The van der Waals surface area contributed by atoms with E-state index < -0.39 is 11.5 Å². The first-order valence-electron chi connectivity index (χ1n) is 5.51. The number of likely N-dealkylation sites (N-methyl/N-ethyl adjacent to an activating group) is 1. The number of hydrogen-bond donors (Lipinski definition) is 1. The maximum atomic E-state index is 11.4. The van der Waals surface area contributed by atoms with Crippen LogP contribution < -0.4 is 0 Å². The summed E-state index contributed by atoms with van der Waals surface area (Å²) in [6.45, 7) is 6.12. The zero-order valence-corrected chi connectivity index (χ0v) is 9.82. The highest BCUT2D eigenvalue weighted by molar-refractivity contribution is 5.78. The van der Waals surface area contributed by atoms with E-state index in [1.807, 2.05) is 11.9 Å². The Labute approximate surface area is 91.2 Å². The maximum absolute atomic E-state index is 11.4. The van der Waals surface area contributed by atoms with Gasteiger partial charge in [0.2, 0.25) is 0 Å². The lowest BCUT2D eigenvalue weighted by atomic mass is 9.88.